The van der Waals surface area contributed by atoms with Crippen LogP contribution >= 0.6 is 11.6 Å². The predicted molar refractivity (Wildman–Crippen MR) is 114 cm³/mol. The first-order chi connectivity index (χ1) is 13.3. The number of benzene rings is 2. The van der Waals surface area contributed by atoms with Gasteiger partial charge in [-0.3, -0.25) is 0 Å². The summed E-state index contributed by atoms with van der Waals surface area (Å²) in [5, 5.41) is 1.97. The first kappa shape index (κ1) is 21.5. The van der Waals surface area contributed by atoms with Crippen LogP contribution in [-0.2, 0) is 23.5 Å². The van der Waals surface area contributed by atoms with Crippen LogP contribution < -0.4 is 0 Å². The summed E-state index contributed by atoms with van der Waals surface area (Å²) in [6.45, 7) is 0. The molecule has 1 nitrogen and oxygen atoms in total. The Balaban J connectivity index is 0.000000329. The van der Waals surface area contributed by atoms with Crippen molar-refractivity contribution in [2.45, 2.75) is 6.42 Å². The number of hydrogen-bond donors (Lipinski definition) is 1. The smallest absolute Gasteiger partial charge is 0.354 e. The standard InChI is InChI=1S/C20H15ClN.C5H5.Fe/c21-16-10-11-19-17(13-16)18(12-14-6-4-5-7-14)20(22-19)15-8-2-1-3-9-15;1-2-4-5-3-1;/h1-11,13,22H,12H2;1-5H;/q;;+2. The number of halogens is 1. The van der Waals surface area contributed by atoms with Crippen LogP contribution in [0, 0.1) is 63.7 Å². The number of fused-ring (bicyclic) bond motifs is 1. The minimum absolute atomic E-state index is 0. The van der Waals surface area contributed by atoms with Crippen molar-refractivity contribution in [1.29, 1.82) is 0 Å². The number of hydrogen-bond acceptors (Lipinski definition) is 0. The first-order valence-electron chi connectivity index (χ1n) is 9.04. The van der Waals surface area contributed by atoms with E-state index in [-0.39, 0.29) is 17.1 Å². The molecule has 2 fully saturated rings. The molecule has 0 spiro atoms. The van der Waals surface area contributed by atoms with Crippen LogP contribution in [0.25, 0.3) is 22.2 Å². The molecule has 0 atom stereocenters. The van der Waals surface area contributed by atoms with Gasteiger partial charge in [-0.1, -0.05) is 41.9 Å². The third kappa shape index (κ3) is 5.23. The summed E-state index contributed by atoms with van der Waals surface area (Å²) in [5.74, 6) is 1.32. The van der Waals surface area contributed by atoms with Crippen molar-refractivity contribution in [1.82, 2.24) is 4.98 Å². The SMILES string of the molecule is Clc1ccc2[nH]c(-c3ccccc3)c(C[C]3[CH][CH][CH][CH]3)c2c1.[CH]1[CH][CH][CH][CH]1.[Fe+2]. The molecule has 10 radical (unpaired) electrons. The van der Waals surface area contributed by atoms with Crippen LogP contribution in [0.4, 0.5) is 0 Å². The maximum absolute atomic E-state index is 6.21. The molecule has 2 saturated carbocycles. The minimum Gasteiger partial charge on any atom is -0.354 e. The Morgan fingerprint density at radius 2 is 1.39 bits per heavy atom. The molecule has 2 aliphatic carbocycles. The molecule has 5 rings (SSSR count). The average Bonchev–Trinajstić information content (AvgIpc) is 3.47. The van der Waals surface area contributed by atoms with Crippen LogP contribution in [0.2, 0.25) is 5.02 Å². The fourth-order valence-corrected chi connectivity index (χ4v) is 3.48. The van der Waals surface area contributed by atoms with Crippen molar-refractivity contribution in [3.8, 4) is 11.3 Å². The predicted octanol–water partition coefficient (Wildman–Crippen LogP) is 6.46. The van der Waals surface area contributed by atoms with Crippen molar-refractivity contribution in [2.75, 3.05) is 0 Å². The summed E-state index contributed by atoms with van der Waals surface area (Å²) in [4.78, 5) is 3.56. The van der Waals surface area contributed by atoms with Gasteiger partial charge in [0.1, 0.15) is 0 Å². The molecule has 1 aromatic heterocycles. The minimum atomic E-state index is 0. The molecule has 1 N–H and O–H groups in total. The third-order valence-electron chi connectivity index (χ3n) is 4.60. The molecule has 28 heavy (non-hydrogen) atoms. The fraction of sp³-hybridized carbons (Fsp3) is 0.0400. The van der Waals surface area contributed by atoms with Gasteiger partial charge in [0.2, 0.25) is 0 Å². The van der Waals surface area contributed by atoms with E-state index < -0.39 is 0 Å². The second kappa shape index (κ2) is 10.5. The summed E-state index contributed by atoms with van der Waals surface area (Å²) >= 11 is 6.21. The molecule has 0 unspecified atom stereocenters. The molecule has 0 bridgehead atoms. The van der Waals surface area contributed by atoms with E-state index in [9.17, 15) is 0 Å². The maximum atomic E-state index is 6.21. The van der Waals surface area contributed by atoms with Gasteiger partial charge in [-0.25, -0.2) is 0 Å². The molecule has 3 aromatic rings. The fourth-order valence-electron chi connectivity index (χ4n) is 3.31. The van der Waals surface area contributed by atoms with Gasteiger partial charge in [0, 0.05) is 21.6 Å². The first-order valence-corrected chi connectivity index (χ1v) is 9.42. The Labute approximate surface area is 184 Å². The van der Waals surface area contributed by atoms with Gasteiger partial charge in [0.25, 0.3) is 0 Å². The third-order valence-corrected chi connectivity index (χ3v) is 4.83. The Morgan fingerprint density at radius 1 is 0.750 bits per heavy atom. The summed E-state index contributed by atoms with van der Waals surface area (Å²) in [5.41, 5.74) is 4.81. The molecule has 2 aromatic carbocycles. The van der Waals surface area contributed by atoms with Crippen LogP contribution in [0.1, 0.15) is 5.56 Å². The van der Waals surface area contributed by atoms with Gasteiger partial charge < -0.3 is 4.98 Å². The van der Waals surface area contributed by atoms with Crippen LogP contribution in [0.3, 0.4) is 0 Å². The molecule has 1 heterocycles. The van der Waals surface area contributed by atoms with Crippen LogP contribution in [0.5, 0.6) is 0 Å². The second-order valence-electron chi connectivity index (χ2n) is 6.47. The zero-order valence-corrected chi connectivity index (χ0v) is 17.1. The molecule has 0 amide bonds. The summed E-state index contributed by atoms with van der Waals surface area (Å²) in [6, 6.07) is 16.5. The van der Waals surface area contributed by atoms with Crippen molar-refractivity contribution in [3.05, 3.63) is 123 Å². The molecule has 0 saturated heterocycles. The zero-order chi connectivity index (χ0) is 18.5. The summed E-state index contributed by atoms with van der Waals surface area (Å²) in [7, 11) is 0. The molecular formula is C25H20ClFeN+2. The van der Waals surface area contributed by atoms with Crippen molar-refractivity contribution in [3.63, 3.8) is 0 Å². The van der Waals surface area contributed by atoms with Gasteiger partial charge in [-0.05, 0) is 99.5 Å². The van der Waals surface area contributed by atoms with E-state index in [1.54, 1.807) is 0 Å². The maximum Gasteiger partial charge on any atom is 2.00 e. The second-order valence-corrected chi connectivity index (χ2v) is 6.90. The molecule has 3 heteroatoms. The van der Waals surface area contributed by atoms with E-state index in [1.807, 2.05) is 44.2 Å². The van der Waals surface area contributed by atoms with Gasteiger partial charge >= 0.3 is 17.1 Å². The van der Waals surface area contributed by atoms with E-state index in [0.717, 1.165) is 17.0 Å². The largest absolute Gasteiger partial charge is 2.00 e. The normalized spacial score (nSPS) is 16.6. The van der Waals surface area contributed by atoms with E-state index in [0.29, 0.717) is 0 Å². The van der Waals surface area contributed by atoms with Crippen LogP contribution in [0.15, 0.2) is 48.5 Å². The zero-order valence-electron chi connectivity index (χ0n) is 15.3. The van der Waals surface area contributed by atoms with Crippen LogP contribution in [-0.4, -0.2) is 4.98 Å². The Bertz CT molecular complexity index is 853. The van der Waals surface area contributed by atoms with E-state index >= 15 is 0 Å². The Hall–Kier alpha value is -1.21. The number of H-pyrrole nitrogens is 1. The van der Waals surface area contributed by atoms with Gasteiger partial charge in [0.15, 0.2) is 0 Å². The number of aromatic amines is 1. The molecule has 2 aliphatic rings. The van der Waals surface area contributed by atoms with E-state index in [1.165, 1.54) is 28.1 Å². The number of rotatable bonds is 3. The Kier molecular flexibility index (Phi) is 8.09. The van der Waals surface area contributed by atoms with Crippen molar-refractivity contribution < 1.29 is 17.1 Å². The summed E-state index contributed by atoms with van der Waals surface area (Å²) in [6.07, 6.45) is 19.4. The van der Waals surface area contributed by atoms with E-state index in [4.69, 9.17) is 11.6 Å². The van der Waals surface area contributed by atoms with E-state index in [2.05, 4.69) is 67.1 Å². The average molecular weight is 426 g/mol. The summed E-state index contributed by atoms with van der Waals surface area (Å²) < 4.78 is 0. The van der Waals surface area contributed by atoms with Gasteiger partial charge in [-0.15, -0.1) is 0 Å². The quantitative estimate of drug-likeness (QED) is 0.464. The van der Waals surface area contributed by atoms with Crippen molar-refractivity contribution >= 4 is 22.5 Å². The topological polar surface area (TPSA) is 15.8 Å². The molecule has 0 aliphatic heterocycles. The molecule has 138 valence electrons. The van der Waals surface area contributed by atoms with Gasteiger partial charge in [-0.2, -0.15) is 0 Å². The van der Waals surface area contributed by atoms with Crippen molar-refractivity contribution in [2.24, 2.45) is 0 Å². The van der Waals surface area contributed by atoms with Gasteiger partial charge in [0.05, 0.1) is 0 Å². The number of nitrogens with one attached hydrogen (secondary N) is 1. The Morgan fingerprint density at radius 3 is 2.04 bits per heavy atom. The monoisotopic (exact) mass is 425 g/mol. The molecular weight excluding hydrogens is 406 g/mol. The number of aromatic nitrogens is 1.